The van der Waals surface area contributed by atoms with Crippen LogP contribution in [0, 0.1) is 12.8 Å². The molecule has 2 atom stereocenters. The Morgan fingerprint density at radius 2 is 1.62 bits per heavy atom. The molecule has 1 aliphatic carbocycles. The molecule has 4 nitrogen and oxygen atoms in total. The smallest absolute Gasteiger partial charge is 0.335 e. The lowest BCUT2D eigenvalue weighted by atomic mass is 9.76. The second kappa shape index (κ2) is 9.68. The quantitative estimate of drug-likeness (QED) is 0.329. The summed E-state index contributed by atoms with van der Waals surface area (Å²) < 4.78 is 6.54. The van der Waals surface area contributed by atoms with Crippen molar-refractivity contribution in [2.24, 2.45) is 5.92 Å². The molecule has 2 unspecified atom stereocenters. The van der Waals surface area contributed by atoms with E-state index in [1.165, 1.54) is 6.42 Å². The number of hydrogen-bond acceptors (Lipinski definition) is 3. The largest absolute Gasteiger partial charge is 0.478 e. The first kappa shape index (κ1) is 22.1. The van der Waals surface area contributed by atoms with Gasteiger partial charge in [0.2, 0.25) is 0 Å². The minimum Gasteiger partial charge on any atom is -0.478 e. The Labute approximate surface area is 200 Å². The van der Waals surface area contributed by atoms with Crippen molar-refractivity contribution >= 4 is 5.97 Å². The highest BCUT2D eigenvalue weighted by Gasteiger charge is 2.32. The molecular weight excluding hydrogens is 422 g/mol. The summed E-state index contributed by atoms with van der Waals surface area (Å²) in [5.41, 5.74) is 5.21. The van der Waals surface area contributed by atoms with Crippen LogP contribution in [0.5, 0.6) is 0 Å². The molecule has 1 N–H and O–H groups in total. The number of rotatable bonds is 6. The number of benzene rings is 3. The summed E-state index contributed by atoms with van der Waals surface area (Å²) >= 11 is 0. The van der Waals surface area contributed by atoms with E-state index in [2.05, 4.69) is 30.3 Å². The number of carboxylic acids is 1. The van der Waals surface area contributed by atoms with Gasteiger partial charge in [-0.1, -0.05) is 85.6 Å². The molecular formula is C30H29NO3. The Balaban J connectivity index is 1.51. The van der Waals surface area contributed by atoms with E-state index in [9.17, 15) is 9.90 Å². The van der Waals surface area contributed by atoms with Crippen LogP contribution in [-0.4, -0.2) is 16.1 Å². The van der Waals surface area contributed by atoms with Crippen molar-refractivity contribution in [2.75, 3.05) is 0 Å². The van der Waals surface area contributed by atoms with Crippen molar-refractivity contribution in [3.8, 4) is 22.6 Å². The van der Waals surface area contributed by atoms with Crippen LogP contribution >= 0.6 is 0 Å². The van der Waals surface area contributed by atoms with Crippen LogP contribution < -0.4 is 0 Å². The summed E-state index contributed by atoms with van der Waals surface area (Å²) in [6.07, 6.45) is 5.28. The molecule has 0 amide bonds. The molecule has 3 aromatic carbocycles. The fourth-order valence-corrected chi connectivity index (χ4v) is 5.18. The predicted molar refractivity (Wildman–Crippen MR) is 134 cm³/mol. The van der Waals surface area contributed by atoms with Gasteiger partial charge in [-0.25, -0.2) is 9.78 Å². The van der Waals surface area contributed by atoms with E-state index in [-0.39, 0.29) is 5.92 Å². The van der Waals surface area contributed by atoms with Crippen LogP contribution in [0.3, 0.4) is 0 Å². The molecule has 1 aromatic heterocycles. The summed E-state index contributed by atoms with van der Waals surface area (Å²) in [5, 5.41) is 9.55. The van der Waals surface area contributed by atoms with Gasteiger partial charge in [-0.05, 0) is 49.3 Å². The maximum atomic E-state index is 11.6. The SMILES string of the molecule is Cc1ccc(CC2CCCCC2c2nc(-c3ccccc3)c(-c3ccccc3)o2)cc1C(=O)O. The van der Waals surface area contributed by atoms with Gasteiger partial charge in [0.1, 0.15) is 5.69 Å². The number of nitrogens with zero attached hydrogens (tertiary/aromatic N) is 1. The minimum absolute atomic E-state index is 0.211. The molecule has 1 aliphatic rings. The van der Waals surface area contributed by atoms with Gasteiger partial charge in [-0.15, -0.1) is 0 Å². The first-order chi connectivity index (χ1) is 16.6. The average molecular weight is 452 g/mol. The number of aromatic carboxylic acids is 1. The second-order valence-electron chi connectivity index (χ2n) is 9.27. The summed E-state index contributed by atoms with van der Waals surface area (Å²) in [5.74, 6) is 1.32. The fraction of sp³-hybridized carbons (Fsp3) is 0.267. The highest BCUT2D eigenvalue weighted by Crippen LogP contribution is 2.43. The third-order valence-electron chi connectivity index (χ3n) is 6.98. The first-order valence-electron chi connectivity index (χ1n) is 12.0. The molecule has 4 heteroatoms. The van der Waals surface area contributed by atoms with Gasteiger partial charge in [-0.2, -0.15) is 0 Å². The molecule has 1 fully saturated rings. The van der Waals surface area contributed by atoms with E-state index >= 15 is 0 Å². The molecule has 5 rings (SSSR count). The van der Waals surface area contributed by atoms with Crippen LogP contribution in [0.2, 0.25) is 0 Å². The van der Waals surface area contributed by atoms with Crippen LogP contribution in [0.25, 0.3) is 22.6 Å². The molecule has 0 saturated heterocycles. The third-order valence-corrected chi connectivity index (χ3v) is 6.98. The Morgan fingerprint density at radius 3 is 2.32 bits per heavy atom. The standard InChI is InChI=1S/C30H29NO3/c1-20-16-17-21(19-26(20)30(32)33)18-24-14-8-9-15-25(24)29-31-27(22-10-4-2-5-11-22)28(34-29)23-12-6-3-7-13-23/h2-7,10-13,16-17,19,24-25H,8-9,14-15,18H2,1H3,(H,32,33). The zero-order chi connectivity index (χ0) is 23.5. The number of aryl methyl sites for hydroxylation is 1. The normalized spacial score (nSPS) is 18.0. The van der Waals surface area contributed by atoms with E-state index < -0.39 is 5.97 Å². The highest BCUT2D eigenvalue weighted by atomic mass is 16.4. The lowest BCUT2D eigenvalue weighted by molar-refractivity contribution is 0.0696. The van der Waals surface area contributed by atoms with E-state index in [0.29, 0.717) is 11.5 Å². The van der Waals surface area contributed by atoms with Crippen LogP contribution in [0.1, 0.15) is 59.0 Å². The maximum absolute atomic E-state index is 11.6. The summed E-state index contributed by atoms with van der Waals surface area (Å²) in [6.45, 7) is 1.85. The molecule has 0 bridgehead atoms. The topological polar surface area (TPSA) is 63.3 Å². The molecule has 0 radical (unpaired) electrons. The molecule has 4 aromatic rings. The third kappa shape index (κ3) is 4.54. The summed E-state index contributed by atoms with van der Waals surface area (Å²) in [7, 11) is 0. The molecule has 0 spiro atoms. The lowest BCUT2D eigenvalue weighted by Crippen LogP contribution is -2.20. The van der Waals surface area contributed by atoms with Crippen molar-refractivity contribution < 1.29 is 14.3 Å². The van der Waals surface area contributed by atoms with Crippen LogP contribution in [-0.2, 0) is 6.42 Å². The monoisotopic (exact) mass is 451 g/mol. The van der Waals surface area contributed by atoms with Gasteiger partial charge in [0, 0.05) is 17.0 Å². The number of carboxylic acid groups (broad SMARTS) is 1. The van der Waals surface area contributed by atoms with E-state index in [4.69, 9.17) is 9.40 Å². The molecule has 1 heterocycles. The van der Waals surface area contributed by atoms with Gasteiger partial charge < -0.3 is 9.52 Å². The molecule has 0 aliphatic heterocycles. The lowest BCUT2D eigenvalue weighted by Gasteiger charge is -2.29. The van der Waals surface area contributed by atoms with Crippen molar-refractivity contribution in [3.63, 3.8) is 0 Å². The van der Waals surface area contributed by atoms with E-state index in [0.717, 1.165) is 65.3 Å². The zero-order valence-electron chi connectivity index (χ0n) is 19.4. The van der Waals surface area contributed by atoms with Gasteiger partial charge in [0.25, 0.3) is 0 Å². The Kier molecular flexibility index (Phi) is 6.31. The number of hydrogen-bond donors (Lipinski definition) is 1. The van der Waals surface area contributed by atoms with Gasteiger partial charge in [0.15, 0.2) is 11.7 Å². The Bertz CT molecular complexity index is 1220. The molecule has 172 valence electrons. The number of carbonyl (C=O) groups is 1. The summed E-state index contributed by atoms with van der Waals surface area (Å²) in [4.78, 5) is 16.7. The molecule has 1 saturated carbocycles. The van der Waals surface area contributed by atoms with Gasteiger partial charge in [0.05, 0.1) is 5.56 Å². The molecule has 34 heavy (non-hydrogen) atoms. The van der Waals surface area contributed by atoms with Crippen LogP contribution in [0.4, 0.5) is 0 Å². The number of oxazole rings is 1. The van der Waals surface area contributed by atoms with Crippen molar-refractivity contribution in [3.05, 3.63) is 101 Å². The van der Waals surface area contributed by atoms with E-state index in [1.807, 2.05) is 55.5 Å². The van der Waals surface area contributed by atoms with Crippen molar-refractivity contribution in [1.29, 1.82) is 0 Å². The van der Waals surface area contributed by atoms with E-state index in [1.54, 1.807) is 0 Å². The highest BCUT2D eigenvalue weighted by molar-refractivity contribution is 5.89. The Hall–Kier alpha value is -3.66. The maximum Gasteiger partial charge on any atom is 0.335 e. The van der Waals surface area contributed by atoms with Gasteiger partial charge >= 0.3 is 5.97 Å². The predicted octanol–water partition coefficient (Wildman–Crippen LogP) is 7.53. The second-order valence-corrected chi connectivity index (χ2v) is 9.27. The summed E-state index contributed by atoms with van der Waals surface area (Å²) in [6, 6.07) is 26.2. The van der Waals surface area contributed by atoms with Crippen LogP contribution in [0.15, 0.2) is 83.3 Å². The first-order valence-corrected chi connectivity index (χ1v) is 12.0. The Morgan fingerprint density at radius 1 is 0.941 bits per heavy atom. The van der Waals surface area contributed by atoms with Crippen molar-refractivity contribution in [1.82, 2.24) is 4.98 Å². The minimum atomic E-state index is -0.868. The zero-order valence-corrected chi connectivity index (χ0v) is 19.4. The van der Waals surface area contributed by atoms with Crippen molar-refractivity contribution in [2.45, 2.75) is 44.9 Å². The average Bonchev–Trinajstić information content (AvgIpc) is 3.32. The fourth-order valence-electron chi connectivity index (χ4n) is 5.18. The number of aromatic nitrogens is 1. The van der Waals surface area contributed by atoms with Gasteiger partial charge in [-0.3, -0.25) is 0 Å².